The predicted molar refractivity (Wildman–Crippen MR) is 69.9 cm³/mol. The van der Waals surface area contributed by atoms with E-state index in [-0.39, 0.29) is 0 Å². The summed E-state index contributed by atoms with van der Waals surface area (Å²) in [7, 11) is 1.75. The van der Waals surface area contributed by atoms with Gasteiger partial charge in [-0.05, 0) is 26.1 Å². The van der Waals surface area contributed by atoms with E-state index in [0.717, 1.165) is 11.4 Å². The zero-order valence-electron chi connectivity index (χ0n) is 10.9. The summed E-state index contributed by atoms with van der Waals surface area (Å²) in [5, 5.41) is 17.4. The number of likely N-dealkylation sites (N-methyl/N-ethyl adjacent to an activating group) is 1. The number of carboxylic acids is 1. The molecule has 0 aliphatic carbocycles. The summed E-state index contributed by atoms with van der Waals surface area (Å²) in [6, 6.07) is 9.02. The molecular formula is C13H16N4O2. The minimum atomic E-state index is -0.849. The third-order valence-electron chi connectivity index (χ3n) is 2.96. The van der Waals surface area contributed by atoms with Gasteiger partial charge in [0.25, 0.3) is 0 Å². The number of aromatic nitrogens is 3. The molecule has 0 aliphatic rings. The number of carbonyl (C=O) groups is 1. The van der Waals surface area contributed by atoms with E-state index in [1.807, 2.05) is 30.3 Å². The Kier molecular flexibility index (Phi) is 3.91. The predicted octanol–water partition coefficient (Wildman–Crippen LogP) is 1.17. The number of benzene rings is 1. The van der Waals surface area contributed by atoms with Gasteiger partial charge in [0.15, 0.2) is 0 Å². The zero-order valence-corrected chi connectivity index (χ0v) is 10.9. The van der Waals surface area contributed by atoms with Crippen LogP contribution in [0.1, 0.15) is 12.6 Å². The molecule has 0 fully saturated rings. The second-order valence-electron chi connectivity index (χ2n) is 4.39. The second-order valence-corrected chi connectivity index (χ2v) is 4.39. The Bertz CT molecular complexity index is 553. The first-order valence-electron chi connectivity index (χ1n) is 5.97. The first kappa shape index (κ1) is 13.2. The van der Waals surface area contributed by atoms with Crippen LogP contribution < -0.4 is 0 Å². The Hall–Kier alpha value is -2.21. The minimum absolute atomic E-state index is 0.445. The van der Waals surface area contributed by atoms with Crippen LogP contribution >= 0.6 is 0 Å². The molecular weight excluding hydrogens is 244 g/mol. The number of aliphatic carboxylic acids is 1. The summed E-state index contributed by atoms with van der Waals surface area (Å²) in [5.41, 5.74) is 1.61. The molecule has 0 aliphatic heterocycles. The number of para-hydroxylation sites is 1. The van der Waals surface area contributed by atoms with Crippen molar-refractivity contribution in [3.8, 4) is 5.69 Å². The van der Waals surface area contributed by atoms with Crippen molar-refractivity contribution in [2.45, 2.75) is 19.5 Å². The van der Waals surface area contributed by atoms with Gasteiger partial charge in [-0.2, -0.15) is 15.0 Å². The van der Waals surface area contributed by atoms with Gasteiger partial charge in [-0.3, -0.25) is 9.69 Å². The summed E-state index contributed by atoms with van der Waals surface area (Å²) in [6.07, 6.45) is 1.65. The van der Waals surface area contributed by atoms with Gasteiger partial charge in [0.05, 0.1) is 17.6 Å². The Balaban J connectivity index is 2.08. The van der Waals surface area contributed by atoms with E-state index in [9.17, 15) is 4.79 Å². The lowest BCUT2D eigenvalue weighted by molar-refractivity contribution is -0.142. The second kappa shape index (κ2) is 5.62. The van der Waals surface area contributed by atoms with Crippen molar-refractivity contribution < 1.29 is 9.90 Å². The normalized spacial score (nSPS) is 12.6. The molecule has 1 N–H and O–H groups in total. The quantitative estimate of drug-likeness (QED) is 0.873. The molecule has 1 atom stereocenters. The molecule has 19 heavy (non-hydrogen) atoms. The van der Waals surface area contributed by atoms with Crippen LogP contribution in [0.2, 0.25) is 0 Å². The van der Waals surface area contributed by atoms with Gasteiger partial charge in [-0.1, -0.05) is 18.2 Å². The fraction of sp³-hybridized carbons (Fsp3) is 0.308. The summed E-state index contributed by atoms with van der Waals surface area (Å²) in [6.45, 7) is 2.09. The highest BCUT2D eigenvalue weighted by Crippen LogP contribution is 2.07. The third-order valence-corrected chi connectivity index (χ3v) is 2.96. The molecule has 100 valence electrons. The lowest BCUT2D eigenvalue weighted by atomic mass is 10.3. The number of hydrogen-bond donors (Lipinski definition) is 1. The molecule has 6 heteroatoms. The van der Waals surface area contributed by atoms with E-state index in [0.29, 0.717) is 6.54 Å². The topological polar surface area (TPSA) is 71.2 Å². The molecule has 1 aromatic carbocycles. The highest BCUT2D eigenvalue weighted by atomic mass is 16.4. The van der Waals surface area contributed by atoms with Gasteiger partial charge in [-0.25, -0.2) is 0 Å². The van der Waals surface area contributed by atoms with Gasteiger partial charge in [0.1, 0.15) is 6.04 Å². The summed E-state index contributed by atoms with van der Waals surface area (Å²) >= 11 is 0. The maximum absolute atomic E-state index is 10.9. The van der Waals surface area contributed by atoms with Crippen molar-refractivity contribution in [1.82, 2.24) is 19.9 Å². The van der Waals surface area contributed by atoms with Crippen LogP contribution in [0.5, 0.6) is 0 Å². The largest absolute Gasteiger partial charge is 0.480 e. The van der Waals surface area contributed by atoms with Crippen LogP contribution in [0, 0.1) is 0 Å². The van der Waals surface area contributed by atoms with E-state index in [4.69, 9.17) is 5.11 Å². The van der Waals surface area contributed by atoms with Crippen LogP contribution in [0.4, 0.5) is 0 Å². The first-order valence-corrected chi connectivity index (χ1v) is 5.97. The molecule has 1 heterocycles. The number of carboxylic acid groups (broad SMARTS) is 1. The van der Waals surface area contributed by atoms with Crippen LogP contribution in [-0.4, -0.2) is 44.1 Å². The molecule has 0 bridgehead atoms. The van der Waals surface area contributed by atoms with Crippen molar-refractivity contribution in [2.75, 3.05) is 7.05 Å². The SMILES string of the molecule is C[C@@H](C(=O)O)N(C)Cc1cnn(-c2ccccc2)n1. The molecule has 6 nitrogen and oxygen atoms in total. The highest BCUT2D eigenvalue weighted by Gasteiger charge is 2.17. The minimum Gasteiger partial charge on any atom is -0.480 e. The Morgan fingerprint density at radius 2 is 2.11 bits per heavy atom. The fourth-order valence-electron chi connectivity index (χ4n) is 1.63. The third kappa shape index (κ3) is 3.17. The number of hydrogen-bond acceptors (Lipinski definition) is 4. The molecule has 0 saturated heterocycles. The zero-order chi connectivity index (χ0) is 13.8. The lowest BCUT2D eigenvalue weighted by Crippen LogP contribution is -2.35. The standard InChI is InChI=1S/C13H16N4O2/c1-10(13(18)19)16(2)9-11-8-14-17(15-11)12-6-4-3-5-7-12/h3-8,10H,9H2,1-2H3,(H,18,19)/t10-/m0/s1. The van der Waals surface area contributed by atoms with Crippen molar-refractivity contribution in [3.63, 3.8) is 0 Å². The Morgan fingerprint density at radius 1 is 1.42 bits per heavy atom. The molecule has 2 rings (SSSR count). The van der Waals surface area contributed by atoms with E-state index >= 15 is 0 Å². The van der Waals surface area contributed by atoms with E-state index < -0.39 is 12.0 Å². The van der Waals surface area contributed by atoms with Gasteiger partial charge >= 0.3 is 5.97 Å². The van der Waals surface area contributed by atoms with Gasteiger partial charge in [0, 0.05) is 6.54 Å². The molecule has 2 aromatic rings. The van der Waals surface area contributed by atoms with Gasteiger partial charge in [0.2, 0.25) is 0 Å². The summed E-state index contributed by atoms with van der Waals surface area (Å²) in [5.74, 6) is -0.849. The van der Waals surface area contributed by atoms with Crippen LogP contribution in [0.15, 0.2) is 36.5 Å². The average molecular weight is 260 g/mol. The van der Waals surface area contributed by atoms with E-state index in [1.165, 1.54) is 4.80 Å². The lowest BCUT2D eigenvalue weighted by Gasteiger charge is -2.19. The first-order chi connectivity index (χ1) is 9.08. The Labute approximate surface area is 111 Å². The van der Waals surface area contributed by atoms with Crippen LogP contribution in [0.3, 0.4) is 0 Å². The van der Waals surface area contributed by atoms with Crippen LogP contribution in [0.25, 0.3) is 5.69 Å². The molecule has 0 saturated carbocycles. The summed E-state index contributed by atoms with van der Waals surface area (Å²) < 4.78 is 0. The molecule has 0 radical (unpaired) electrons. The molecule has 0 amide bonds. The highest BCUT2D eigenvalue weighted by molar-refractivity contribution is 5.72. The number of rotatable bonds is 5. The maximum atomic E-state index is 10.9. The van der Waals surface area contributed by atoms with Gasteiger partial charge < -0.3 is 5.11 Å². The monoisotopic (exact) mass is 260 g/mol. The van der Waals surface area contributed by atoms with Gasteiger partial charge in [-0.15, -0.1) is 0 Å². The molecule has 1 aromatic heterocycles. The smallest absolute Gasteiger partial charge is 0.320 e. The van der Waals surface area contributed by atoms with E-state index in [2.05, 4.69) is 10.2 Å². The fourth-order valence-corrected chi connectivity index (χ4v) is 1.63. The Morgan fingerprint density at radius 3 is 2.74 bits per heavy atom. The molecule has 0 spiro atoms. The van der Waals surface area contributed by atoms with Crippen molar-refractivity contribution in [2.24, 2.45) is 0 Å². The van der Waals surface area contributed by atoms with Crippen LogP contribution in [-0.2, 0) is 11.3 Å². The summed E-state index contributed by atoms with van der Waals surface area (Å²) in [4.78, 5) is 14.1. The number of nitrogens with zero attached hydrogens (tertiary/aromatic N) is 4. The molecule has 0 unspecified atom stereocenters. The maximum Gasteiger partial charge on any atom is 0.320 e. The van der Waals surface area contributed by atoms with Crippen molar-refractivity contribution in [1.29, 1.82) is 0 Å². The van der Waals surface area contributed by atoms with Crippen molar-refractivity contribution in [3.05, 3.63) is 42.2 Å². The van der Waals surface area contributed by atoms with Crippen molar-refractivity contribution >= 4 is 5.97 Å². The average Bonchev–Trinajstić information content (AvgIpc) is 2.87. The van der Waals surface area contributed by atoms with E-state index in [1.54, 1.807) is 25.1 Å².